The Kier molecular flexibility index (Phi) is 6.46. The summed E-state index contributed by atoms with van der Waals surface area (Å²) in [6.45, 7) is 2.10. The molecule has 0 spiro atoms. The van der Waals surface area contributed by atoms with Crippen LogP contribution >= 0.6 is 0 Å². The van der Waals surface area contributed by atoms with Crippen LogP contribution in [0.15, 0.2) is 0 Å². The van der Waals surface area contributed by atoms with Gasteiger partial charge < -0.3 is 9.84 Å². The maximum atomic E-state index is 11.3. The molecule has 0 aliphatic carbocycles. The second-order valence-corrected chi connectivity index (χ2v) is 5.01. The number of hydrogen-bond acceptors (Lipinski definition) is 4. The Labute approximate surface area is 89.7 Å². The van der Waals surface area contributed by atoms with Gasteiger partial charge in [0, 0.05) is 13.2 Å². The Balaban J connectivity index is 4.16. The highest BCUT2D eigenvalue weighted by atomic mass is 32.2. The first kappa shape index (κ1) is 14.3. The van der Waals surface area contributed by atoms with E-state index in [0.29, 0.717) is 6.42 Å². The molecule has 0 saturated carbocycles. The maximum Gasteiger partial charge on any atom is 0.304 e. The first-order chi connectivity index (χ1) is 6.91. The van der Waals surface area contributed by atoms with Crippen molar-refractivity contribution in [2.24, 2.45) is 0 Å². The highest BCUT2D eigenvalue weighted by molar-refractivity contribution is 7.89. The van der Waals surface area contributed by atoms with Gasteiger partial charge in [0.1, 0.15) is 0 Å². The molecule has 0 saturated heterocycles. The van der Waals surface area contributed by atoms with E-state index >= 15 is 0 Å². The summed E-state index contributed by atoms with van der Waals surface area (Å²) < 4.78 is 29.9. The van der Waals surface area contributed by atoms with Crippen LogP contribution in [0.1, 0.15) is 19.8 Å². The summed E-state index contributed by atoms with van der Waals surface area (Å²) in [6.07, 6.45) is 0.207. The quantitative estimate of drug-likeness (QED) is 0.612. The normalized spacial score (nSPS) is 13.7. The number of rotatable bonds is 8. The van der Waals surface area contributed by atoms with Crippen molar-refractivity contribution in [1.82, 2.24) is 4.72 Å². The van der Waals surface area contributed by atoms with Crippen molar-refractivity contribution < 1.29 is 23.1 Å². The third kappa shape index (κ3) is 7.29. The van der Waals surface area contributed by atoms with Gasteiger partial charge >= 0.3 is 5.97 Å². The molecule has 0 aromatic heterocycles. The van der Waals surface area contributed by atoms with Gasteiger partial charge in [0.05, 0.1) is 18.8 Å². The number of nitrogens with one attached hydrogen (secondary N) is 1. The molecule has 15 heavy (non-hydrogen) atoms. The fourth-order valence-electron chi connectivity index (χ4n) is 0.971. The van der Waals surface area contributed by atoms with Crippen LogP contribution in [0, 0.1) is 0 Å². The van der Waals surface area contributed by atoms with Crippen LogP contribution in [-0.4, -0.2) is 45.0 Å². The standard InChI is InChI=1S/C8H17NO5S/c1-3-7(6-14-2)9-15(12,13)5-4-8(10)11/h7,9H,3-6H2,1-2H3,(H,10,11). The second-order valence-electron chi connectivity index (χ2n) is 3.14. The third-order valence-electron chi connectivity index (χ3n) is 1.79. The van der Waals surface area contributed by atoms with E-state index in [1.54, 1.807) is 0 Å². The highest BCUT2D eigenvalue weighted by Crippen LogP contribution is 1.97. The Morgan fingerprint density at radius 3 is 2.53 bits per heavy atom. The minimum Gasteiger partial charge on any atom is -0.481 e. The molecule has 0 rings (SSSR count). The molecule has 1 unspecified atom stereocenters. The molecule has 90 valence electrons. The Morgan fingerprint density at radius 2 is 2.13 bits per heavy atom. The van der Waals surface area contributed by atoms with Gasteiger partial charge in [-0.3, -0.25) is 4.79 Å². The summed E-state index contributed by atoms with van der Waals surface area (Å²) in [5.74, 6) is -1.53. The Morgan fingerprint density at radius 1 is 1.53 bits per heavy atom. The van der Waals surface area contributed by atoms with Gasteiger partial charge in [0.15, 0.2) is 0 Å². The van der Waals surface area contributed by atoms with Crippen molar-refractivity contribution >= 4 is 16.0 Å². The van der Waals surface area contributed by atoms with Crippen molar-refractivity contribution in [3.8, 4) is 0 Å². The molecule has 0 heterocycles. The van der Waals surface area contributed by atoms with E-state index in [0.717, 1.165) is 0 Å². The van der Waals surface area contributed by atoms with Crippen LogP contribution < -0.4 is 4.72 Å². The average Bonchev–Trinajstić information content (AvgIpc) is 2.14. The predicted molar refractivity (Wildman–Crippen MR) is 55.1 cm³/mol. The van der Waals surface area contributed by atoms with E-state index in [-0.39, 0.29) is 12.6 Å². The molecule has 1 atom stereocenters. The molecule has 0 bridgehead atoms. The smallest absolute Gasteiger partial charge is 0.304 e. The summed E-state index contributed by atoms with van der Waals surface area (Å²) in [4.78, 5) is 10.2. The van der Waals surface area contributed by atoms with Gasteiger partial charge in [-0.15, -0.1) is 0 Å². The molecule has 7 heteroatoms. The van der Waals surface area contributed by atoms with E-state index in [2.05, 4.69) is 4.72 Å². The molecular weight excluding hydrogens is 222 g/mol. The van der Waals surface area contributed by atoms with Gasteiger partial charge in [-0.1, -0.05) is 6.92 Å². The predicted octanol–water partition coefficient (Wildman–Crippen LogP) is -0.194. The van der Waals surface area contributed by atoms with Crippen LogP contribution in [0.4, 0.5) is 0 Å². The van der Waals surface area contributed by atoms with E-state index in [1.165, 1.54) is 7.11 Å². The van der Waals surface area contributed by atoms with Crippen LogP contribution in [0.2, 0.25) is 0 Å². The van der Waals surface area contributed by atoms with Gasteiger partial charge in [-0.2, -0.15) is 0 Å². The number of hydrogen-bond donors (Lipinski definition) is 2. The number of aliphatic carboxylic acids is 1. The van der Waals surface area contributed by atoms with Crippen LogP contribution in [0.3, 0.4) is 0 Å². The van der Waals surface area contributed by atoms with E-state index < -0.39 is 28.2 Å². The molecule has 0 amide bonds. The van der Waals surface area contributed by atoms with E-state index in [4.69, 9.17) is 9.84 Å². The second kappa shape index (κ2) is 6.76. The maximum absolute atomic E-state index is 11.3. The third-order valence-corrected chi connectivity index (χ3v) is 3.23. The molecule has 0 radical (unpaired) electrons. The number of methoxy groups -OCH3 is 1. The van der Waals surface area contributed by atoms with Crippen molar-refractivity contribution in [2.45, 2.75) is 25.8 Å². The number of sulfonamides is 1. The van der Waals surface area contributed by atoms with Crippen LogP contribution in [0.5, 0.6) is 0 Å². The molecule has 0 aliphatic rings. The summed E-state index contributed by atoms with van der Waals surface area (Å²) >= 11 is 0. The zero-order valence-corrected chi connectivity index (χ0v) is 9.71. The summed E-state index contributed by atoms with van der Waals surface area (Å²) in [7, 11) is -2.04. The summed E-state index contributed by atoms with van der Waals surface area (Å²) in [5.41, 5.74) is 0. The fraction of sp³-hybridized carbons (Fsp3) is 0.875. The Bertz CT molecular complexity index is 287. The van der Waals surface area contributed by atoms with Crippen molar-refractivity contribution in [1.29, 1.82) is 0 Å². The average molecular weight is 239 g/mol. The first-order valence-electron chi connectivity index (χ1n) is 4.62. The first-order valence-corrected chi connectivity index (χ1v) is 6.27. The number of carboxylic acid groups (broad SMARTS) is 1. The topological polar surface area (TPSA) is 92.7 Å². The fourth-order valence-corrected chi connectivity index (χ4v) is 2.27. The van der Waals surface area contributed by atoms with Gasteiger partial charge in [-0.25, -0.2) is 13.1 Å². The van der Waals surface area contributed by atoms with Crippen molar-refractivity contribution in [3.05, 3.63) is 0 Å². The molecular formula is C8H17NO5S. The number of carboxylic acids is 1. The molecule has 0 fully saturated rings. The lowest BCUT2D eigenvalue weighted by Crippen LogP contribution is -2.39. The lowest BCUT2D eigenvalue weighted by Gasteiger charge is -2.15. The lowest BCUT2D eigenvalue weighted by atomic mass is 10.3. The van der Waals surface area contributed by atoms with E-state index in [1.807, 2.05) is 6.92 Å². The zero-order valence-electron chi connectivity index (χ0n) is 8.89. The van der Waals surface area contributed by atoms with Crippen LogP contribution in [-0.2, 0) is 19.6 Å². The minimum absolute atomic E-state index is 0.281. The minimum atomic E-state index is -3.52. The van der Waals surface area contributed by atoms with Gasteiger partial charge in [0.2, 0.25) is 10.0 Å². The highest BCUT2D eigenvalue weighted by Gasteiger charge is 2.17. The number of carbonyl (C=O) groups is 1. The van der Waals surface area contributed by atoms with Gasteiger partial charge in [0.25, 0.3) is 0 Å². The molecule has 0 aromatic rings. The monoisotopic (exact) mass is 239 g/mol. The largest absolute Gasteiger partial charge is 0.481 e. The summed E-state index contributed by atoms with van der Waals surface area (Å²) in [5, 5.41) is 8.35. The molecule has 2 N–H and O–H groups in total. The SMILES string of the molecule is CCC(COC)NS(=O)(=O)CCC(=O)O. The van der Waals surface area contributed by atoms with E-state index in [9.17, 15) is 13.2 Å². The van der Waals surface area contributed by atoms with Crippen LogP contribution in [0.25, 0.3) is 0 Å². The number of ether oxygens (including phenoxy) is 1. The van der Waals surface area contributed by atoms with Crippen molar-refractivity contribution in [3.63, 3.8) is 0 Å². The summed E-state index contributed by atoms with van der Waals surface area (Å²) in [6, 6.07) is -0.297. The van der Waals surface area contributed by atoms with Crippen molar-refractivity contribution in [2.75, 3.05) is 19.5 Å². The molecule has 0 aliphatic heterocycles. The zero-order chi connectivity index (χ0) is 11.9. The Hall–Kier alpha value is -0.660. The molecule has 0 aromatic carbocycles. The van der Waals surface area contributed by atoms with Gasteiger partial charge in [-0.05, 0) is 6.42 Å². The lowest BCUT2D eigenvalue weighted by molar-refractivity contribution is -0.136. The molecule has 6 nitrogen and oxygen atoms in total.